The number of rotatable bonds is 6. The molecule has 0 aliphatic carbocycles. The van der Waals surface area contributed by atoms with Crippen LogP contribution in [0.3, 0.4) is 0 Å². The van der Waals surface area contributed by atoms with Gasteiger partial charge in [-0.2, -0.15) is 0 Å². The average Bonchev–Trinajstić information content (AvgIpc) is 3.85. The number of nitrogens with zero attached hydrogens (tertiary/aromatic N) is 3. The number of benzene rings is 8. The van der Waals surface area contributed by atoms with E-state index in [9.17, 15) is 0 Å². The average molecular weight is 734 g/mol. The van der Waals surface area contributed by atoms with Crippen molar-refractivity contribution in [2.24, 2.45) is 0 Å². The summed E-state index contributed by atoms with van der Waals surface area (Å²) >= 11 is 1.84. The summed E-state index contributed by atoms with van der Waals surface area (Å²) in [5.74, 6) is 1.89. The summed E-state index contributed by atoms with van der Waals surface area (Å²) in [5.41, 5.74) is 11.2. The Bertz CT molecular complexity index is 3180. The maximum atomic E-state index is 6.89. The van der Waals surface area contributed by atoms with Gasteiger partial charge in [0.1, 0.15) is 11.2 Å². The van der Waals surface area contributed by atoms with Gasteiger partial charge >= 0.3 is 0 Å². The first-order valence-electron chi connectivity index (χ1n) is 18.7. The van der Waals surface area contributed by atoms with Crippen molar-refractivity contribution in [3.8, 4) is 67.5 Å². The summed E-state index contributed by atoms with van der Waals surface area (Å²) in [7, 11) is 0. The van der Waals surface area contributed by atoms with Crippen LogP contribution >= 0.6 is 11.3 Å². The molecule has 0 spiro atoms. The number of hydrogen-bond donors (Lipinski definition) is 0. The lowest BCUT2D eigenvalue weighted by atomic mass is 9.89. The number of fused-ring (bicyclic) bond motifs is 6. The zero-order valence-corrected chi connectivity index (χ0v) is 30.9. The predicted octanol–water partition coefficient (Wildman–Crippen LogP) is 14.1. The minimum Gasteiger partial charge on any atom is -0.455 e. The van der Waals surface area contributed by atoms with E-state index in [0.29, 0.717) is 17.5 Å². The third kappa shape index (κ3) is 5.48. The smallest absolute Gasteiger partial charge is 0.164 e. The molecule has 0 N–H and O–H groups in total. The molecule has 0 fully saturated rings. The summed E-state index contributed by atoms with van der Waals surface area (Å²) in [6.45, 7) is 0. The monoisotopic (exact) mass is 733 g/mol. The highest BCUT2D eigenvalue weighted by Crippen LogP contribution is 2.47. The largest absolute Gasteiger partial charge is 0.455 e. The minimum absolute atomic E-state index is 0.619. The molecule has 0 saturated carbocycles. The second kappa shape index (κ2) is 13.3. The number of para-hydroxylation sites is 1. The summed E-state index contributed by atoms with van der Waals surface area (Å²) in [6.07, 6.45) is 0. The van der Waals surface area contributed by atoms with Gasteiger partial charge in [0.15, 0.2) is 17.5 Å². The Morgan fingerprint density at radius 1 is 0.339 bits per heavy atom. The van der Waals surface area contributed by atoms with Gasteiger partial charge in [-0.05, 0) is 64.2 Å². The molecular formula is C51H31N3OS. The van der Waals surface area contributed by atoms with Crippen molar-refractivity contribution in [3.63, 3.8) is 0 Å². The standard InChI is InChI=1S/C51H31N3OS/c1-4-15-32(16-5-1)41-31-46-43(38-23-11-13-26-45(38)56-46)30-42(41)39-28-27-37(47-40-24-10-12-25-44(40)55-48(39)47)35-21-14-22-36(29-35)51-53-49(33-17-6-2-7-18-33)52-50(54-51)34-19-8-3-9-20-34/h1-31H. The summed E-state index contributed by atoms with van der Waals surface area (Å²) in [6, 6.07) is 65.6. The van der Waals surface area contributed by atoms with Crippen LogP contribution in [0.15, 0.2) is 192 Å². The Morgan fingerprint density at radius 3 is 1.61 bits per heavy atom. The molecule has 3 aromatic heterocycles. The van der Waals surface area contributed by atoms with Crippen LogP contribution in [-0.4, -0.2) is 15.0 Å². The molecule has 11 aromatic rings. The lowest BCUT2D eigenvalue weighted by Crippen LogP contribution is -2.00. The van der Waals surface area contributed by atoms with Crippen LogP contribution in [0.5, 0.6) is 0 Å². The molecule has 0 aliphatic rings. The van der Waals surface area contributed by atoms with Gasteiger partial charge in [-0.25, -0.2) is 15.0 Å². The topological polar surface area (TPSA) is 51.8 Å². The van der Waals surface area contributed by atoms with Gasteiger partial charge in [-0.3, -0.25) is 0 Å². The fourth-order valence-electron chi connectivity index (χ4n) is 7.90. The van der Waals surface area contributed by atoms with E-state index in [-0.39, 0.29) is 0 Å². The molecule has 56 heavy (non-hydrogen) atoms. The highest BCUT2D eigenvalue weighted by molar-refractivity contribution is 7.25. The Kier molecular flexibility index (Phi) is 7.64. The molecule has 0 radical (unpaired) electrons. The fraction of sp³-hybridized carbons (Fsp3) is 0. The number of furan rings is 1. The second-order valence-electron chi connectivity index (χ2n) is 13.9. The quantitative estimate of drug-likeness (QED) is 0.171. The minimum atomic E-state index is 0.619. The molecule has 4 nitrogen and oxygen atoms in total. The lowest BCUT2D eigenvalue weighted by molar-refractivity contribution is 0.670. The van der Waals surface area contributed by atoms with Crippen LogP contribution in [0.2, 0.25) is 0 Å². The third-order valence-corrected chi connectivity index (χ3v) is 11.7. The van der Waals surface area contributed by atoms with E-state index in [1.165, 1.54) is 31.3 Å². The Balaban J connectivity index is 1.13. The third-order valence-electron chi connectivity index (χ3n) is 10.5. The number of thiophene rings is 1. The summed E-state index contributed by atoms with van der Waals surface area (Å²) in [5, 5.41) is 4.68. The fourth-order valence-corrected chi connectivity index (χ4v) is 9.02. The summed E-state index contributed by atoms with van der Waals surface area (Å²) < 4.78 is 9.44. The van der Waals surface area contributed by atoms with Crippen LogP contribution < -0.4 is 0 Å². The van der Waals surface area contributed by atoms with Gasteiger partial charge in [0.2, 0.25) is 0 Å². The maximum absolute atomic E-state index is 6.89. The maximum Gasteiger partial charge on any atom is 0.164 e. The normalized spacial score (nSPS) is 11.6. The molecule has 5 heteroatoms. The van der Waals surface area contributed by atoms with E-state index in [2.05, 4.69) is 121 Å². The van der Waals surface area contributed by atoms with Crippen molar-refractivity contribution < 1.29 is 4.42 Å². The SMILES string of the molecule is c1ccc(-c2nc(-c3ccccc3)nc(-c3cccc(-c4ccc(-c5cc6c(cc5-c5ccccc5)sc5ccccc56)c5oc6ccccc6c45)c3)n2)cc1. The van der Waals surface area contributed by atoms with Crippen molar-refractivity contribution in [2.45, 2.75) is 0 Å². The highest BCUT2D eigenvalue weighted by atomic mass is 32.1. The molecule has 11 rings (SSSR count). The van der Waals surface area contributed by atoms with Crippen molar-refractivity contribution >= 4 is 53.4 Å². The molecule has 262 valence electrons. The molecule has 3 heterocycles. The van der Waals surface area contributed by atoms with Gasteiger partial charge in [-0.1, -0.05) is 152 Å². The Morgan fingerprint density at radius 2 is 0.893 bits per heavy atom. The predicted molar refractivity (Wildman–Crippen MR) is 233 cm³/mol. The molecule has 0 bridgehead atoms. The molecule has 0 atom stereocenters. The van der Waals surface area contributed by atoms with E-state index in [1.54, 1.807) is 0 Å². The zero-order valence-electron chi connectivity index (χ0n) is 30.1. The molecule has 0 amide bonds. The molecule has 0 unspecified atom stereocenters. The van der Waals surface area contributed by atoms with E-state index in [0.717, 1.165) is 60.9 Å². The van der Waals surface area contributed by atoms with Crippen LogP contribution in [-0.2, 0) is 0 Å². The summed E-state index contributed by atoms with van der Waals surface area (Å²) in [4.78, 5) is 15.0. The molecule has 0 saturated heterocycles. The second-order valence-corrected chi connectivity index (χ2v) is 15.0. The first kappa shape index (κ1) is 32.2. The Labute approximate surface area is 327 Å². The van der Waals surface area contributed by atoms with E-state index < -0.39 is 0 Å². The van der Waals surface area contributed by atoms with Gasteiger partial charge in [-0.15, -0.1) is 11.3 Å². The van der Waals surface area contributed by atoms with Crippen LogP contribution in [0.4, 0.5) is 0 Å². The van der Waals surface area contributed by atoms with Crippen molar-refractivity contribution in [3.05, 3.63) is 188 Å². The highest BCUT2D eigenvalue weighted by Gasteiger charge is 2.21. The van der Waals surface area contributed by atoms with Crippen molar-refractivity contribution in [1.29, 1.82) is 0 Å². The molecular weight excluding hydrogens is 703 g/mol. The van der Waals surface area contributed by atoms with E-state index in [4.69, 9.17) is 19.4 Å². The van der Waals surface area contributed by atoms with Crippen LogP contribution in [0.25, 0.3) is 110 Å². The van der Waals surface area contributed by atoms with E-state index >= 15 is 0 Å². The zero-order chi connectivity index (χ0) is 37.0. The van der Waals surface area contributed by atoms with Crippen molar-refractivity contribution in [1.82, 2.24) is 15.0 Å². The van der Waals surface area contributed by atoms with Crippen LogP contribution in [0.1, 0.15) is 0 Å². The van der Waals surface area contributed by atoms with Crippen LogP contribution in [0, 0.1) is 0 Å². The lowest BCUT2D eigenvalue weighted by Gasteiger charge is -2.14. The molecule has 0 aliphatic heterocycles. The van der Waals surface area contributed by atoms with E-state index in [1.807, 2.05) is 78.1 Å². The first-order valence-corrected chi connectivity index (χ1v) is 19.5. The molecule has 8 aromatic carbocycles. The Hall–Kier alpha value is -7.21. The van der Waals surface area contributed by atoms with Gasteiger partial charge in [0.25, 0.3) is 0 Å². The van der Waals surface area contributed by atoms with Gasteiger partial charge in [0, 0.05) is 53.2 Å². The van der Waals surface area contributed by atoms with Crippen molar-refractivity contribution in [2.75, 3.05) is 0 Å². The van der Waals surface area contributed by atoms with Gasteiger partial charge < -0.3 is 4.42 Å². The number of hydrogen-bond acceptors (Lipinski definition) is 5. The van der Waals surface area contributed by atoms with Gasteiger partial charge in [0.05, 0.1) is 0 Å². The first-order chi connectivity index (χ1) is 27.7. The number of aromatic nitrogens is 3.